The Kier molecular flexibility index (Phi) is 6.07. The highest BCUT2D eigenvalue weighted by atomic mass is 35.5. The Labute approximate surface area is 191 Å². The monoisotopic (exact) mass is 467 g/mol. The molecule has 3 aliphatic heterocycles. The molecule has 0 aliphatic carbocycles. The average molecular weight is 468 g/mol. The fourth-order valence-corrected chi connectivity index (χ4v) is 5.42. The minimum absolute atomic E-state index is 0.00336. The minimum Gasteiger partial charge on any atom is -0.368 e. The van der Waals surface area contributed by atoms with E-state index in [-0.39, 0.29) is 23.7 Å². The normalized spacial score (nSPS) is 25.8. The zero-order chi connectivity index (χ0) is 22.3. The Hall–Kier alpha value is -2.03. The van der Waals surface area contributed by atoms with Crippen molar-refractivity contribution in [3.63, 3.8) is 0 Å². The number of nitrogens with one attached hydrogen (secondary N) is 2. The molecule has 3 heterocycles. The van der Waals surface area contributed by atoms with Crippen molar-refractivity contribution >= 4 is 46.7 Å². The minimum atomic E-state index is -1.02. The Morgan fingerprint density at radius 1 is 1.13 bits per heavy atom. The summed E-state index contributed by atoms with van der Waals surface area (Å²) in [6, 6.07) is 4.96. The molecule has 4 rings (SSSR count). The lowest BCUT2D eigenvalue weighted by atomic mass is 9.73. The highest BCUT2D eigenvalue weighted by molar-refractivity contribution is 6.35. The van der Waals surface area contributed by atoms with Crippen molar-refractivity contribution in [2.24, 2.45) is 11.8 Å². The van der Waals surface area contributed by atoms with Crippen molar-refractivity contribution in [2.75, 3.05) is 51.2 Å². The van der Waals surface area contributed by atoms with Crippen molar-refractivity contribution in [3.05, 3.63) is 28.2 Å². The molecule has 31 heavy (non-hydrogen) atoms. The maximum atomic E-state index is 13.2. The van der Waals surface area contributed by atoms with Gasteiger partial charge in [0.15, 0.2) is 0 Å². The molecule has 1 aromatic rings. The SMILES string of the molecule is CC(CC1(C2CN(C)C2)NC(=O)NC1=O)C(=O)N1CCN(c2cc(Cl)cc(Cl)c2)CC1. The van der Waals surface area contributed by atoms with Crippen LogP contribution in [-0.4, -0.2) is 79.5 Å². The van der Waals surface area contributed by atoms with Crippen molar-refractivity contribution in [2.45, 2.75) is 18.9 Å². The number of imide groups is 1. The van der Waals surface area contributed by atoms with Gasteiger partial charge in [-0.15, -0.1) is 0 Å². The summed E-state index contributed by atoms with van der Waals surface area (Å²) in [5.74, 6) is -0.700. The number of amides is 4. The third-order valence-electron chi connectivity index (χ3n) is 6.58. The van der Waals surface area contributed by atoms with E-state index in [1.165, 1.54) is 0 Å². The summed E-state index contributed by atoms with van der Waals surface area (Å²) in [4.78, 5) is 43.8. The number of urea groups is 1. The van der Waals surface area contributed by atoms with E-state index in [1.54, 1.807) is 6.07 Å². The zero-order valence-electron chi connectivity index (χ0n) is 17.7. The number of rotatable bonds is 5. The van der Waals surface area contributed by atoms with E-state index in [0.29, 0.717) is 42.6 Å². The summed E-state index contributed by atoms with van der Waals surface area (Å²) < 4.78 is 0. The highest BCUT2D eigenvalue weighted by Crippen LogP contribution is 2.35. The molecular weight excluding hydrogens is 441 g/mol. The second kappa shape index (κ2) is 8.48. The van der Waals surface area contributed by atoms with Gasteiger partial charge in [0, 0.05) is 66.8 Å². The molecule has 1 aromatic carbocycles. The highest BCUT2D eigenvalue weighted by Gasteiger charge is 2.55. The molecule has 0 spiro atoms. The summed E-state index contributed by atoms with van der Waals surface area (Å²) in [6.45, 7) is 5.77. The van der Waals surface area contributed by atoms with Gasteiger partial charge in [-0.1, -0.05) is 30.1 Å². The smallest absolute Gasteiger partial charge is 0.322 e. The van der Waals surface area contributed by atoms with Gasteiger partial charge in [0.2, 0.25) is 5.91 Å². The van der Waals surface area contributed by atoms with E-state index in [0.717, 1.165) is 18.8 Å². The van der Waals surface area contributed by atoms with Crippen LogP contribution in [0.1, 0.15) is 13.3 Å². The second-order valence-corrected chi connectivity index (χ2v) is 9.72. The van der Waals surface area contributed by atoms with Crippen LogP contribution in [0.15, 0.2) is 18.2 Å². The zero-order valence-corrected chi connectivity index (χ0v) is 19.2. The van der Waals surface area contributed by atoms with Gasteiger partial charge in [-0.05, 0) is 31.7 Å². The Bertz CT molecular complexity index is 879. The fraction of sp³-hybridized carbons (Fsp3) is 0.571. The van der Waals surface area contributed by atoms with E-state index in [9.17, 15) is 14.4 Å². The summed E-state index contributed by atoms with van der Waals surface area (Å²) in [7, 11) is 1.97. The lowest BCUT2D eigenvalue weighted by Gasteiger charge is -2.47. The van der Waals surface area contributed by atoms with Gasteiger partial charge in [0.05, 0.1) is 0 Å². The van der Waals surface area contributed by atoms with E-state index in [2.05, 4.69) is 20.4 Å². The maximum Gasteiger partial charge on any atom is 0.322 e. The largest absolute Gasteiger partial charge is 0.368 e. The van der Waals surface area contributed by atoms with E-state index < -0.39 is 11.6 Å². The number of hydrogen-bond donors (Lipinski definition) is 2. The molecule has 2 atom stereocenters. The molecular formula is C21H27Cl2N5O3. The molecule has 4 amide bonds. The number of benzene rings is 1. The first-order valence-corrected chi connectivity index (χ1v) is 11.3. The van der Waals surface area contributed by atoms with Gasteiger partial charge in [-0.3, -0.25) is 14.9 Å². The van der Waals surface area contributed by atoms with Crippen molar-refractivity contribution < 1.29 is 14.4 Å². The number of anilines is 1. The summed E-state index contributed by atoms with van der Waals surface area (Å²) in [5, 5.41) is 6.37. The van der Waals surface area contributed by atoms with Crippen molar-refractivity contribution in [3.8, 4) is 0 Å². The van der Waals surface area contributed by atoms with E-state index >= 15 is 0 Å². The number of carbonyl (C=O) groups excluding carboxylic acids is 3. The van der Waals surface area contributed by atoms with Gasteiger partial charge in [-0.2, -0.15) is 0 Å². The maximum absolute atomic E-state index is 13.2. The van der Waals surface area contributed by atoms with Crippen LogP contribution in [0.5, 0.6) is 0 Å². The molecule has 3 aliphatic rings. The molecule has 2 N–H and O–H groups in total. The Balaban J connectivity index is 1.39. The molecule has 168 valence electrons. The van der Waals surface area contributed by atoms with E-state index in [4.69, 9.17) is 23.2 Å². The molecule has 3 saturated heterocycles. The molecule has 0 bridgehead atoms. The fourth-order valence-electron chi connectivity index (χ4n) is 4.90. The number of likely N-dealkylation sites (tertiary alicyclic amines) is 1. The standard InChI is InChI=1S/C21H27Cl2N5O3/c1-13(10-21(14-11-26(2)12-14)19(30)24-20(31)25-21)18(29)28-5-3-27(4-6-28)17-8-15(22)7-16(23)9-17/h7-9,13-14H,3-6,10-12H2,1-2H3,(H2,24,25,30,31). The molecule has 0 radical (unpaired) electrons. The second-order valence-electron chi connectivity index (χ2n) is 8.84. The topological polar surface area (TPSA) is 85.0 Å². The molecule has 10 heteroatoms. The first-order valence-electron chi connectivity index (χ1n) is 10.5. The first-order chi connectivity index (χ1) is 14.7. The van der Waals surface area contributed by atoms with Crippen LogP contribution in [0.2, 0.25) is 10.0 Å². The van der Waals surface area contributed by atoms with Gasteiger partial charge in [0.25, 0.3) is 5.91 Å². The average Bonchev–Trinajstić information content (AvgIpc) is 2.97. The Morgan fingerprint density at radius 2 is 1.74 bits per heavy atom. The first kappa shape index (κ1) is 22.2. The number of nitrogens with zero attached hydrogens (tertiary/aromatic N) is 3. The number of carbonyl (C=O) groups is 3. The number of piperazine rings is 1. The van der Waals surface area contributed by atoms with Gasteiger partial charge < -0.3 is 20.0 Å². The Morgan fingerprint density at radius 3 is 2.26 bits per heavy atom. The quantitative estimate of drug-likeness (QED) is 0.644. The van der Waals surface area contributed by atoms with Gasteiger partial charge in [0.1, 0.15) is 5.54 Å². The van der Waals surface area contributed by atoms with Crippen molar-refractivity contribution in [1.29, 1.82) is 0 Å². The summed E-state index contributed by atoms with van der Waals surface area (Å²) in [6.07, 6.45) is 0.298. The predicted molar refractivity (Wildman–Crippen MR) is 119 cm³/mol. The van der Waals surface area contributed by atoms with Crippen LogP contribution in [0.3, 0.4) is 0 Å². The van der Waals surface area contributed by atoms with Crippen LogP contribution in [0, 0.1) is 11.8 Å². The molecule has 0 saturated carbocycles. The van der Waals surface area contributed by atoms with Crippen LogP contribution in [0.4, 0.5) is 10.5 Å². The van der Waals surface area contributed by atoms with E-state index in [1.807, 2.05) is 31.0 Å². The predicted octanol–water partition coefficient (Wildman–Crippen LogP) is 1.81. The summed E-state index contributed by atoms with van der Waals surface area (Å²) in [5.41, 5.74) is -0.0751. The van der Waals surface area contributed by atoms with Crippen molar-refractivity contribution in [1.82, 2.24) is 20.4 Å². The van der Waals surface area contributed by atoms with Crippen LogP contribution >= 0.6 is 23.2 Å². The molecule has 2 unspecified atom stereocenters. The molecule has 3 fully saturated rings. The number of halogens is 2. The molecule has 0 aromatic heterocycles. The third-order valence-corrected chi connectivity index (χ3v) is 7.02. The van der Waals surface area contributed by atoms with Crippen LogP contribution in [-0.2, 0) is 9.59 Å². The van der Waals surface area contributed by atoms with Gasteiger partial charge in [-0.25, -0.2) is 4.79 Å². The summed E-state index contributed by atoms with van der Waals surface area (Å²) >= 11 is 12.2. The van der Waals surface area contributed by atoms with Gasteiger partial charge >= 0.3 is 6.03 Å². The third kappa shape index (κ3) is 4.33. The number of hydrogen-bond acceptors (Lipinski definition) is 5. The lowest BCUT2D eigenvalue weighted by molar-refractivity contribution is -0.138. The molecule has 8 nitrogen and oxygen atoms in total. The van der Waals surface area contributed by atoms with Crippen LogP contribution in [0.25, 0.3) is 0 Å². The van der Waals surface area contributed by atoms with Crippen LogP contribution < -0.4 is 15.5 Å². The lowest BCUT2D eigenvalue weighted by Crippen LogP contribution is -2.65.